The second-order valence-electron chi connectivity index (χ2n) is 10.8. The smallest absolute Gasteiger partial charge is 0.303 e. The molecule has 0 amide bonds. The molecule has 15 nitrogen and oxygen atoms in total. The minimum absolute atomic E-state index is 0.0219. The Labute approximate surface area is 249 Å². The summed E-state index contributed by atoms with van der Waals surface area (Å²) in [6, 6.07) is 4.77. The van der Waals surface area contributed by atoms with Gasteiger partial charge in [-0.2, -0.15) is 0 Å². The fraction of sp³-hybridized carbons (Fsp3) is 0.483. The fourth-order valence-electron chi connectivity index (χ4n) is 5.49. The van der Waals surface area contributed by atoms with Crippen molar-refractivity contribution in [3.05, 3.63) is 52.1 Å². The van der Waals surface area contributed by atoms with E-state index in [4.69, 9.17) is 23.7 Å². The van der Waals surface area contributed by atoms with E-state index in [1.165, 1.54) is 26.0 Å². The van der Waals surface area contributed by atoms with Crippen LogP contribution >= 0.6 is 0 Å². The van der Waals surface area contributed by atoms with Gasteiger partial charge in [0.2, 0.25) is 6.29 Å². The van der Waals surface area contributed by atoms with Crippen LogP contribution in [0.15, 0.2) is 24.3 Å². The number of phenols is 2. The Morgan fingerprint density at radius 1 is 0.864 bits per heavy atom. The topological polar surface area (TPSA) is 239 Å². The summed E-state index contributed by atoms with van der Waals surface area (Å²) in [5.74, 6) is -3.31. The number of rotatable bonds is 6. The van der Waals surface area contributed by atoms with Gasteiger partial charge in [-0.25, -0.2) is 0 Å². The van der Waals surface area contributed by atoms with Crippen molar-refractivity contribution in [2.24, 2.45) is 0 Å². The van der Waals surface area contributed by atoms with E-state index < -0.39 is 91.3 Å². The van der Waals surface area contributed by atoms with Crippen molar-refractivity contribution in [2.75, 3.05) is 6.61 Å². The summed E-state index contributed by atoms with van der Waals surface area (Å²) < 4.78 is 28.4. The Morgan fingerprint density at radius 2 is 1.57 bits per heavy atom. The molecular formula is C29H32O15. The van der Waals surface area contributed by atoms with Gasteiger partial charge in [0.05, 0.1) is 18.3 Å². The molecule has 44 heavy (non-hydrogen) atoms. The average Bonchev–Trinajstić information content (AvgIpc) is 2.98. The Hall–Kier alpha value is -3.67. The molecule has 7 N–H and O–H groups in total. The van der Waals surface area contributed by atoms with Crippen molar-refractivity contribution in [2.45, 2.75) is 82.2 Å². The molecule has 2 aromatic carbocycles. The number of carbonyl (C=O) groups is 3. The number of benzene rings is 2. The van der Waals surface area contributed by atoms with Crippen LogP contribution < -0.4 is 4.74 Å². The number of ether oxygens (including phenoxy) is 5. The zero-order valence-electron chi connectivity index (χ0n) is 23.7. The molecule has 0 aromatic heterocycles. The number of esters is 1. The molecule has 3 aliphatic rings. The summed E-state index contributed by atoms with van der Waals surface area (Å²) in [6.07, 6.45) is -15.7. The van der Waals surface area contributed by atoms with Crippen molar-refractivity contribution in [1.82, 2.24) is 0 Å². The van der Waals surface area contributed by atoms with E-state index in [1.54, 1.807) is 0 Å². The quantitative estimate of drug-likeness (QED) is 0.160. The van der Waals surface area contributed by atoms with Gasteiger partial charge in [-0.05, 0) is 38.1 Å². The SMILES string of the molecule is CC(=O)OC1C(O)C(CO)OC(Oc2cc3c(c(O)c2C)C(=O)c2ccc(O)cc2C3=O)C1OC1OC(C)C(O)C(O)C1O. The van der Waals surface area contributed by atoms with Crippen LogP contribution in [-0.2, 0) is 23.7 Å². The monoisotopic (exact) mass is 620 g/mol. The van der Waals surface area contributed by atoms with E-state index in [9.17, 15) is 50.1 Å². The van der Waals surface area contributed by atoms with Crippen LogP contribution in [0.5, 0.6) is 17.2 Å². The van der Waals surface area contributed by atoms with Gasteiger partial charge in [0, 0.05) is 29.2 Å². The zero-order valence-corrected chi connectivity index (χ0v) is 23.7. The number of hydrogen-bond donors (Lipinski definition) is 7. The minimum Gasteiger partial charge on any atom is -0.508 e. The van der Waals surface area contributed by atoms with Crippen LogP contribution in [-0.4, -0.2) is 121 Å². The number of aliphatic hydroxyl groups is 5. The van der Waals surface area contributed by atoms with Gasteiger partial charge >= 0.3 is 5.97 Å². The second kappa shape index (κ2) is 12.0. The number of aliphatic hydroxyl groups excluding tert-OH is 5. The largest absolute Gasteiger partial charge is 0.508 e. The molecule has 0 bridgehead atoms. The number of hydrogen-bond acceptors (Lipinski definition) is 15. The third-order valence-electron chi connectivity index (χ3n) is 7.91. The molecule has 0 spiro atoms. The van der Waals surface area contributed by atoms with Gasteiger partial charge in [0.25, 0.3) is 0 Å². The highest BCUT2D eigenvalue weighted by Crippen LogP contribution is 2.41. The molecule has 1 aliphatic carbocycles. The Kier molecular flexibility index (Phi) is 8.67. The number of carbonyl (C=O) groups excluding carboxylic acids is 3. The fourth-order valence-corrected chi connectivity index (χ4v) is 5.49. The van der Waals surface area contributed by atoms with E-state index >= 15 is 0 Å². The highest BCUT2D eigenvalue weighted by molar-refractivity contribution is 6.29. The number of phenolic OH excluding ortho intramolecular Hbond substituents is 2. The van der Waals surface area contributed by atoms with Gasteiger partial charge in [-0.3, -0.25) is 14.4 Å². The first-order valence-electron chi connectivity index (χ1n) is 13.7. The number of aromatic hydroxyl groups is 2. The van der Waals surface area contributed by atoms with Gasteiger partial charge < -0.3 is 59.4 Å². The second-order valence-corrected chi connectivity index (χ2v) is 10.8. The van der Waals surface area contributed by atoms with E-state index in [0.29, 0.717) is 0 Å². The lowest BCUT2D eigenvalue weighted by Crippen LogP contribution is -2.65. The maximum atomic E-state index is 13.4. The van der Waals surface area contributed by atoms with Gasteiger partial charge in [-0.1, -0.05) is 0 Å². The summed E-state index contributed by atoms with van der Waals surface area (Å²) in [5.41, 5.74) is -0.706. The van der Waals surface area contributed by atoms with E-state index in [1.807, 2.05) is 0 Å². The molecule has 238 valence electrons. The molecule has 10 atom stereocenters. The number of fused-ring (bicyclic) bond motifs is 2. The first-order chi connectivity index (χ1) is 20.7. The lowest BCUT2D eigenvalue weighted by atomic mass is 9.82. The third kappa shape index (κ3) is 5.41. The van der Waals surface area contributed by atoms with Gasteiger partial charge in [-0.15, -0.1) is 0 Å². The lowest BCUT2D eigenvalue weighted by molar-refractivity contribution is -0.355. The minimum atomic E-state index is -1.82. The van der Waals surface area contributed by atoms with Crippen LogP contribution in [0.25, 0.3) is 0 Å². The van der Waals surface area contributed by atoms with E-state index in [-0.39, 0.29) is 39.3 Å². The molecule has 2 heterocycles. The van der Waals surface area contributed by atoms with Crippen LogP contribution in [0.3, 0.4) is 0 Å². The molecule has 2 saturated heterocycles. The predicted molar refractivity (Wildman–Crippen MR) is 143 cm³/mol. The van der Waals surface area contributed by atoms with Gasteiger partial charge in [0.1, 0.15) is 47.8 Å². The maximum absolute atomic E-state index is 13.4. The summed E-state index contributed by atoms with van der Waals surface area (Å²) in [5, 5.41) is 72.6. The predicted octanol–water partition coefficient (Wildman–Crippen LogP) is -1.22. The summed E-state index contributed by atoms with van der Waals surface area (Å²) in [6.45, 7) is 3.04. The Bertz CT molecular complexity index is 1470. The molecule has 15 heteroatoms. The molecule has 2 fully saturated rings. The maximum Gasteiger partial charge on any atom is 0.303 e. The van der Waals surface area contributed by atoms with Crippen molar-refractivity contribution in [3.63, 3.8) is 0 Å². The standard InChI is InChI=1S/C29H32O15/c1-9-16(7-15-18(19(9)33)22(36)13-5-4-12(32)6-14(13)21(15)35)42-29-27(26(41-11(3)31)23(37)17(8-30)43-29)44-28-25(39)24(38)20(34)10(2)40-28/h4-7,10,17,20,23-30,32-34,37-39H,8H2,1-3H3. The Balaban J connectivity index is 1.55. The average molecular weight is 621 g/mol. The number of ketones is 2. The van der Waals surface area contributed by atoms with E-state index in [0.717, 1.165) is 19.1 Å². The van der Waals surface area contributed by atoms with Gasteiger partial charge in [0.15, 0.2) is 30.1 Å². The summed E-state index contributed by atoms with van der Waals surface area (Å²) >= 11 is 0. The first-order valence-corrected chi connectivity index (χ1v) is 13.7. The molecule has 10 unspecified atom stereocenters. The zero-order chi connectivity index (χ0) is 32.2. The lowest BCUT2D eigenvalue weighted by Gasteiger charge is -2.46. The Morgan fingerprint density at radius 3 is 2.23 bits per heavy atom. The van der Waals surface area contributed by atoms with Crippen LogP contribution in [0.2, 0.25) is 0 Å². The van der Waals surface area contributed by atoms with Crippen LogP contribution in [0.4, 0.5) is 0 Å². The molecule has 5 rings (SSSR count). The molecule has 2 aliphatic heterocycles. The summed E-state index contributed by atoms with van der Waals surface area (Å²) in [4.78, 5) is 38.6. The first kappa shape index (κ1) is 31.7. The van der Waals surface area contributed by atoms with E-state index in [2.05, 4.69) is 0 Å². The van der Waals surface area contributed by atoms with Crippen LogP contribution in [0.1, 0.15) is 51.3 Å². The van der Waals surface area contributed by atoms with Crippen molar-refractivity contribution in [1.29, 1.82) is 0 Å². The molecule has 0 saturated carbocycles. The highest BCUT2D eigenvalue weighted by Gasteiger charge is 2.53. The van der Waals surface area contributed by atoms with Crippen molar-refractivity contribution in [3.8, 4) is 17.2 Å². The summed E-state index contributed by atoms with van der Waals surface area (Å²) in [7, 11) is 0. The molecule has 2 aromatic rings. The molecular weight excluding hydrogens is 588 g/mol. The highest BCUT2D eigenvalue weighted by atomic mass is 16.8. The molecule has 0 radical (unpaired) electrons. The van der Waals surface area contributed by atoms with Crippen molar-refractivity contribution < 1.29 is 73.8 Å². The van der Waals surface area contributed by atoms with Crippen molar-refractivity contribution >= 4 is 17.5 Å². The normalized spacial score (nSPS) is 33.4. The van der Waals surface area contributed by atoms with Crippen LogP contribution in [0, 0.1) is 6.92 Å². The third-order valence-corrected chi connectivity index (χ3v) is 7.91.